The van der Waals surface area contributed by atoms with Crippen molar-refractivity contribution >= 4 is 17.9 Å². The zero-order chi connectivity index (χ0) is 45.1. The Hall–Kier alpha value is -2.89. The standard InChI is InChI=1S/C56H98O6/c1-4-7-10-13-16-19-21-23-25-27-28-29-31-32-34-37-40-43-46-49-55(58)61-52-53(51-60-54(57)48-45-42-39-36-18-15-12-9-6-3)62-56(59)50-47-44-41-38-35-33-30-26-24-22-20-17-14-11-8-5-2/h7,9-10,12,16,18-19,23,25,36,53H,4-6,8,11,13-15,17,20-22,24,26-35,37-52H2,1-3H3/b10-7-,12-9-,19-16-,25-23-,36-18-. The van der Waals surface area contributed by atoms with Crippen LogP contribution >= 0.6 is 0 Å². The molecule has 358 valence electrons. The van der Waals surface area contributed by atoms with Crippen LogP contribution in [0.15, 0.2) is 60.8 Å². The van der Waals surface area contributed by atoms with Crippen LogP contribution in [0.5, 0.6) is 0 Å². The Morgan fingerprint density at radius 3 is 1.02 bits per heavy atom. The smallest absolute Gasteiger partial charge is 0.306 e. The predicted octanol–water partition coefficient (Wildman–Crippen LogP) is 17.3. The van der Waals surface area contributed by atoms with Crippen LogP contribution in [-0.4, -0.2) is 37.2 Å². The van der Waals surface area contributed by atoms with Crippen molar-refractivity contribution in [3.05, 3.63) is 60.8 Å². The summed E-state index contributed by atoms with van der Waals surface area (Å²) in [6.45, 7) is 6.39. The summed E-state index contributed by atoms with van der Waals surface area (Å²) in [5.41, 5.74) is 0. The number of ether oxygens (including phenoxy) is 3. The van der Waals surface area contributed by atoms with E-state index in [0.717, 1.165) is 89.9 Å². The van der Waals surface area contributed by atoms with Crippen LogP contribution in [0.2, 0.25) is 0 Å². The van der Waals surface area contributed by atoms with Gasteiger partial charge in [0.15, 0.2) is 6.10 Å². The van der Waals surface area contributed by atoms with Crippen LogP contribution in [-0.2, 0) is 28.6 Å². The van der Waals surface area contributed by atoms with Crippen molar-refractivity contribution in [2.75, 3.05) is 13.2 Å². The van der Waals surface area contributed by atoms with Gasteiger partial charge in [0.25, 0.3) is 0 Å². The minimum Gasteiger partial charge on any atom is -0.462 e. The second kappa shape index (κ2) is 50.8. The van der Waals surface area contributed by atoms with Gasteiger partial charge in [-0.25, -0.2) is 0 Å². The van der Waals surface area contributed by atoms with Gasteiger partial charge in [0, 0.05) is 19.3 Å². The van der Waals surface area contributed by atoms with Crippen LogP contribution in [0.25, 0.3) is 0 Å². The molecular weight excluding hydrogens is 769 g/mol. The Kier molecular flexibility index (Phi) is 48.4. The molecule has 0 aromatic rings. The fourth-order valence-corrected chi connectivity index (χ4v) is 7.38. The van der Waals surface area contributed by atoms with E-state index in [1.807, 2.05) is 0 Å². The molecule has 1 atom stereocenters. The van der Waals surface area contributed by atoms with E-state index >= 15 is 0 Å². The van der Waals surface area contributed by atoms with Gasteiger partial charge >= 0.3 is 17.9 Å². The van der Waals surface area contributed by atoms with Gasteiger partial charge in [0.1, 0.15) is 13.2 Å². The number of hydrogen-bond acceptors (Lipinski definition) is 6. The van der Waals surface area contributed by atoms with Crippen LogP contribution < -0.4 is 0 Å². The summed E-state index contributed by atoms with van der Waals surface area (Å²) in [6, 6.07) is 0. The number of rotatable bonds is 47. The number of esters is 3. The molecule has 0 radical (unpaired) electrons. The van der Waals surface area contributed by atoms with Crippen molar-refractivity contribution in [2.24, 2.45) is 0 Å². The van der Waals surface area contributed by atoms with Crippen molar-refractivity contribution < 1.29 is 28.6 Å². The lowest BCUT2D eigenvalue weighted by Crippen LogP contribution is -2.30. The average molecular weight is 867 g/mol. The van der Waals surface area contributed by atoms with E-state index in [-0.39, 0.29) is 31.1 Å². The van der Waals surface area contributed by atoms with E-state index in [1.54, 1.807) is 0 Å². The van der Waals surface area contributed by atoms with E-state index in [4.69, 9.17) is 14.2 Å². The first-order chi connectivity index (χ1) is 30.5. The van der Waals surface area contributed by atoms with Gasteiger partial charge < -0.3 is 14.2 Å². The highest BCUT2D eigenvalue weighted by molar-refractivity contribution is 5.71. The number of carbonyl (C=O) groups excluding carboxylic acids is 3. The highest BCUT2D eigenvalue weighted by atomic mass is 16.6. The van der Waals surface area contributed by atoms with Gasteiger partial charge in [-0.05, 0) is 77.0 Å². The van der Waals surface area contributed by atoms with Gasteiger partial charge in [-0.1, -0.05) is 223 Å². The van der Waals surface area contributed by atoms with Crippen molar-refractivity contribution in [1.29, 1.82) is 0 Å². The quantitative estimate of drug-likeness (QED) is 0.0262. The highest BCUT2D eigenvalue weighted by Gasteiger charge is 2.19. The average Bonchev–Trinajstić information content (AvgIpc) is 3.27. The molecule has 0 N–H and O–H groups in total. The maximum absolute atomic E-state index is 12.8. The summed E-state index contributed by atoms with van der Waals surface area (Å²) >= 11 is 0. The molecule has 0 heterocycles. The molecule has 0 rings (SSSR count). The molecule has 6 heteroatoms. The summed E-state index contributed by atoms with van der Waals surface area (Å²) in [5.74, 6) is -0.922. The summed E-state index contributed by atoms with van der Waals surface area (Å²) in [7, 11) is 0. The number of hydrogen-bond donors (Lipinski definition) is 0. The summed E-state index contributed by atoms with van der Waals surface area (Å²) < 4.78 is 16.7. The third-order valence-electron chi connectivity index (χ3n) is 11.3. The Bertz CT molecular complexity index is 1130. The van der Waals surface area contributed by atoms with Gasteiger partial charge in [0.2, 0.25) is 0 Å². The largest absolute Gasteiger partial charge is 0.462 e. The molecule has 0 fully saturated rings. The zero-order valence-corrected chi connectivity index (χ0v) is 40.9. The third-order valence-corrected chi connectivity index (χ3v) is 11.3. The first kappa shape index (κ1) is 59.1. The normalized spacial score (nSPS) is 12.5. The maximum atomic E-state index is 12.8. The van der Waals surface area contributed by atoms with Gasteiger partial charge in [0.05, 0.1) is 0 Å². The van der Waals surface area contributed by atoms with Crippen LogP contribution in [0.3, 0.4) is 0 Å². The van der Waals surface area contributed by atoms with Crippen LogP contribution in [0.1, 0.15) is 258 Å². The first-order valence-corrected chi connectivity index (χ1v) is 26.3. The number of allylic oxidation sites excluding steroid dienone is 10. The van der Waals surface area contributed by atoms with E-state index in [9.17, 15) is 14.4 Å². The third kappa shape index (κ3) is 48.1. The summed E-state index contributed by atoms with van der Waals surface area (Å²) in [6.07, 6.45) is 62.2. The maximum Gasteiger partial charge on any atom is 0.306 e. The molecule has 0 bridgehead atoms. The van der Waals surface area contributed by atoms with E-state index in [2.05, 4.69) is 81.5 Å². The second-order valence-corrected chi connectivity index (χ2v) is 17.4. The topological polar surface area (TPSA) is 78.9 Å². The molecule has 0 amide bonds. The Morgan fingerprint density at radius 2 is 0.629 bits per heavy atom. The van der Waals surface area contributed by atoms with Crippen molar-refractivity contribution in [1.82, 2.24) is 0 Å². The Balaban J connectivity index is 4.30. The van der Waals surface area contributed by atoms with E-state index < -0.39 is 6.10 Å². The minimum absolute atomic E-state index is 0.0855. The monoisotopic (exact) mass is 867 g/mol. The number of unbranched alkanes of at least 4 members (excludes halogenated alkanes) is 26. The molecule has 0 aliphatic rings. The SMILES string of the molecule is CC/C=C\C/C=C\C/C=C\CCCCCCCCCCCC(=O)OCC(COC(=O)CCCC/C=C\C/C=C\CC)OC(=O)CCCCCCCCCCCCCCCCCC. The van der Waals surface area contributed by atoms with E-state index in [1.165, 1.54) is 128 Å². The van der Waals surface area contributed by atoms with E-state index in [0.29, 0.717) is 19.3 Å². The zero-order valence-electron chi connectivity index (χ0n) is 40.9. The lowest BCUT2D eigenvalue weighted by Gasteiger charge is -2.18. The number of carbonyl (C=O) groups is 3. The van der Waals surface area contributed by atoms with Crippen molar-refractivity contribution in [2.45, 2.75) is 264 Å². The molecule has 0 aliphatic carbocycles. The molecule has 0 aliphatic heterocycles. The van der Waals surface area contributed by atoms with Crippen LogP contribution in [0, 0.1) is 0 Å². The fraction of sp³-hybridized carbons (Fsp3) is 0.768. The van der Waals surface area contributed by atoms with Crippen molar-refractivity contribution in [3.63, 3.8) is 0 Å². The predicted molar refractivity (Wildman–Crippen MR) is 265 cm³/mol. The lowest BCUT2D eigenvalue weighted by molar-refractivity contribution is -0.167. The van der Waals surface area contributed by atoms with Gasteiger partial charge in [-0.2, -0.15) is 0 Å². The highest BCUT2D eigenvalue weighted by Crippen LogP contribution is 2.16. The fourth-order valence-electron chi connectivity index (χ4n) is 7.38. The summed E-state index contributed by atoms with van der Waals surface area (Å²) in [5, 5.41) is 0. The second-order valence-electron chi connectivity index (χ2n) is 17.4. The van der Waals surface area contributed by atoms with Gasteiger partial charge in [-0.3, -0.25) is 14.4 Å². The Labute approximate surface area is 383 Å². The molecule has 0 spiro atoms. The van der Waals surface area contributed by atoms with Crippen molar-refractivity contribution in [3.8, 4) is 0 Å². The lowest BCUT2D eigenvalue weighted by atomic mass is 10.0. The first-order valence-electron chi connectivity index (χ1n) is 26.3. The molecule has 0 aromatic carbocycles. The molecule has 0 saturated heterocycles. The Morgan fingerprint density at radius 1 is 0.339 bits per heavy atom. The molecule has 6 nitrogen and oxygen atoms in total. The minimum atomic E-state index is -0.785. The molecule has 0 saturated carbocycles. The molecular formula is C56H98O6. The van der Waals surface area contributed by atoms with Gasteiger partial charge in [-0.15, -0.1) is 0 Å². The molecule has 62 heavy (non-hydrogen) atoms. The molecule has 0 aromatic heterocycles. The van der Waals surface area contributed by atoms with Crippen LogP contribution in [0.4, 0.5) is 0 Å². The summed E-state index contributed by atoms with van der Waals surface area (Å²) in [4.78, 5) is 37.9. The molecule has 1 unspecified atom stereocenters.